The van der Waals surface area contributed by atoms with Gasteiger partial charge in [-0.1, -0.05) is 6.07 Å². The number of amides is 2. The van der Waals surface area contributed by atoms with E-state index in [0.29, 0.717) is 13.1 Å². The molecule has 1 saturated heterocycles. The maximum absolute atomic E-state index is 12.6. The second kappa shape index (κ2) is 7.55. The summed E-state index contributed by atoms with van der Waals surface area (Å²) in [6.45, 7) is 8.53. The molecule has 1 N–H and O–H groups in total. The summed E-state index contributed by atoms with van der Waals surface area (Å²) in [6, 6.07) is 5.82. The molecule has 1 aromatic rings. The van der Waals surface area contributed by atoms with Crippen LogP contribution in [0.15, 0.2) is 22.7 Å². The summed E-state index contributed by atoms with van der Waals surface area (Å²) in [7, 11) is 0. The number of nitrogens with zero attached hydrogens (tertiary/aromatic N) is 1. The Morgan fingerprint density at radius 3 is 2.71 bits per heavy atom. The minimum atomic E-state index is -0.529. The minimum absolute atomic E-state index is 0.0606. The van der Waals surface area contributed by atoms with Gasteiger partial charge in [0.05, 0.1) is 11.6 Å². The number of nitrogens with one attached hydrogen (secondary N) is 1. The zero-order valence-electron chi connectivity index (χ0n) is 14.7. The molecular formula is C18H25BrN2O3. The average molecular weight is 397 g/mol. The number of aryl methyl sites for hydroxylation is 1. The van der Waals surface area contributed by atoms with E-state index in [4.69, 9.17) is 4.74 Å². The number of carbonyl (C=O) groups excluding carboxylic acids is 2. The number of halogens is 1. The lowest BCUT2D eigenvalue weighted by Crippen LogP contribution is -2.45. The Bertz CT molecular complexity index is 625. The molecule has 6 heteroatoms. The van der Waals surface area contributed by atoms with Crippen molar-refractivity contribution in [3.8, 4) is 0 Å². The van der Waals surface area contributed by atoms with Crippen LogP contribution in [0.3, 0.4) is 0 Å². The molecule has 0 spiro atoms. The van der Waals surface area contributed by atoms with Gasteiger partial charge in [-0.2, -0.15) is 0 Å². The van der Waals surface area contributed by atoms with Crippen molar-refractivity contribution in [2.24, 2.45) is 5.92 Å². The van der Waals surface area contributed by atoms with Gasteiger partial charge in [-0.25, -0.2) is 4.79 Å². The van der Waals surface area contributed by atoms with Gasteiger partial charge in [0, 0.05) is 17.6 Å². The first-order valence-corrected chi connectivity index (χ1v) is 9.00. The van der Waals surface area contributed by atoms with E-state index in [1.807, 2.05) is 45.9 Å². The number of benzene rings is 1. The average Bonchev–Trinajstić information content (AvgIpc) is 2.49. The fraction of sp³-hybridized carbons (Fsp3) is 0.556. The van der Waals surface area contributed by atoms with Crippen LogP contribution in [0.25, 0.3) is 0 Å². The lowest BCUT2D eigenvalue weighted by molar-refractivity contribution is -0.121. The van der Waals surface area contributed by atoms with Gasteiger partial charge in [-0.3, -0.25) is 4.79 Å². The lowest BCUT2D eigenvalue weighted by atomic mass is 9.97. The monoisotopic (exact) mass is 396 g/mol. The van der Waals surface area contributed by atoms with Crippen molar-refractivity contribution in [3.63, 3.8) is 0 Å². The Morgan fingerprint density at radius 2 is 2.04 bits per heavy atom. The summed E-state index contributed by atoms with van der Waals surface area (Å²) in [5.41, 5.74) is 1.31. The van der Waals surface area contributed by atoms with Crippen molar-refractivity contribution >= 4 is 33.6 Å². The van der Waals surface area contributed by atoms with Crippen molar-refractivity contribution in [3.05, 3.63) is 28.2 Å². The Morgan fingerprint density at radius 1 is 1.33 bits per heavy atom. The van der Waals surface area contributed by atoms with Gasteiger partial charge >= 0.3 is 6.09 Å². The van der Waals surface area contributed by atoms with Crippen LogP contribution in [0.5, 0.6) is 0 Å². The van der Waals surface area contributed by atoms with E-state index >= 15 is 0 Å². The quantitative estimate of drug-likeness (QED) is 0.808. The highest BCUT2D eigenvalue weighted by atomic mass is 79.9. The predicted molar refractivity (Wildman–Crippen MR) is 98.0 cm³/mol. The molecule has 24 heavy (non-hydrogen) atoms. The molecule has 2 rings (SSSR count). The summed E-state index contributed by atoms with van der Waals surface area (Å²) in [4.78, 5) is 26.4. The number of piperidine rings is 1. The number of rotatable bonds is 2. The molecule has 1 atom stereocenters. The number of hydrogen-bond donors (Lipinski definition) is 1. The highest BCUT2D eigenvalue weighted by molar-refractivity contribution is 9.10. The van der Waals surface area contributed by atoms with Crippen LogP contribution in [-0.2, 0) is 9.53 Å². The molecule has 2 amide bonds. The molecule has 0 bridgehead atoms. The van der Waals surface area contributed by atoms with Gasteiger partial charge in [0.1, 0.15) is 5.60 Å². The van der Waals surface area contributed by atoms with Crippen LogP contribution >= 0.6 is 15.9 Å². The van der Waals surface area contributed by atoms with Crippen molar-refractivity contribution in [1.29, 1.82) is 0 Å². The van der Waals surface area contributed by atoms with Crippen LogP contribution in [0, 0.1) is 12.8 Å². The fourth-order valence-electron chi connectivity index (χ4n) is 2.65. The third-order valence-corrected chi connectivity index (χ3v) is 4.52. The highest BCUT2D eigenvalue weighted by Gasteiger charge is 2.31. The van der Waals surface area contributed by atoms with Crippen molar-refractivity contribution in [1.82, 2.24) is 4.90 Å². The highest BCUT2D eigenvalue weighted by Crippen LogP contribution is 2.26. The van der Waals surface area contributed by atoms with E-state index in [2.05, 4.69) is 21.2 Å². The molecule has 0 aliphatic carbocycles. The summed E-state index contributed by atoms with van der Waals surface area (Å²) in [5, 5.41) is 2.96. The molecule has 0 aromatic heterocycles. The van der Waals surface area contributed by atoms with Crippen LogP contribution < -0.4 is 5.32 Å². The van der Waals surface area contributed by atoms with E-state index in [1.54, 1.807) is 4.90 Å². The number of carbonyl (C=O) groups is 2. The third-order valence-electron chi connectivity index (χ3n) is 3.82. The van der Waals surface area contributed by atoms with E-state index in [1.165, 1.54) is 0 Å². The number of anilines is 1. The van der Waals surface area contributed by atoms with E-state index in [0.717, 1.165) is 28.6 Å². The Hall–Kier alpha value is -1.56. The normalized spacial score (nSPS) is 18.2. The minimum Gasteiger partial charge on any atom is -0.444 e. The SMILES string of the molecule is Cc1ccc(Br)c(NC(=O)[C@H]2CCCN(C(=O)OC(C)(C)C)C2)c1. The zero-order valence-corrected chi connectivity index (χ0v) is 16.3. The standard InChI is InChI=1S/C18H25BrN2O3/c1-12-7-8-14(19)15(10-12)20-16(22)13-6-5-9-21(11-13)17(23)24-18(2,3)4/h7-8,10,13H,5-6,9,11H2,1-4H3,(H,20,22)/t13-/m0/s1. The zero-order chi connectivity index (χ0) is 17.9. The fourth-order valence-corrected chi connectivity index (χ4v) is 3.00. The maximum Gasteiger partial charge on any atom is 0.410 e. The molecule has 1 fully saturated rings. The maximum atomic E-state index is 12.6. The van der Waals surface area contributed by atoms with Crippen LogP contribution in [-0.4, -0.2) is 35.6 Å². The second-order valence-electron chi connectivity index (χ2n) is 7.24. The largest absolute Gasteiger partial charge is 0.444 e. The summed E-state index contributed by atoms with van der Waals surface area (Å²) < 4.78 is 6.25. The summed E-state index contributed by atoms with van der Waals surface area (Å²) in [5.74, 6) is -0.284. The van der Waals surface area contributed by atoms with Crippen LogP contribution in [0.4, 0.5) is 10.5 Å². The number of ether oxygens (including phenoxy) is 1. The van der Waals surface area contributed by atoms with E-state index in [9.17, 15) is 9.59 Å². The Kier molecular flexibility index (Phi) is 5.91. The molecule has 132 valence electrons. The van der Waals surface area contributed by atoms with Gasteiger partial charge in [-0.15, -0.1) is 0 Å². The molecule has 5 nitrogen and oxygen atoms in total. The first kappa shape index (κ1) is 18.8. The number of likely N-dealkylation sites (tertiary alicyclic amines) is 1. The Labute approximate surface area is 151 Å². The van der Waals surface area contributed by atoms with Gasteiger partial charge in [0.25, 0.3) is 0 Å². The van der Waals surface area contributed by atoms with Crippen molar-refractivity contribution < 1.29 is 14.3 Å². The molecule has 1 heterocycles. The molecule has 1 aliphatic heterocycles. The lowest BCUT2D eigenvalue weighted by Gasteiger charge is -2.33. The molecule has 0 unspecified atom stereocenters. The van der Waals surface area contributed by atoms with Crippen molar-refractivity contribution in [2.75, 3.05) is 18.4 Å². The molecule has 1 aromatic carbocycles. The van der Waals surface area contributed by atoms with Crippen LogP contribution in [0.2, 0.25) is 0 Å². The van der Waals surface area contributed by atoms with Gasteiger partial charge in [0.2, 0.25) is 5.91 Å². The molecular weight excluding hydrogens is 372 g/mol. The van der Waals surface area contributed by atoms with Gasteiger partial charge < -0.3 is 15.0 Å². The van der Waals surface area contributed by atoms with Gasteiger partial charge in [-0.05, 0) is 74.2 Å². The molecule has 0 saturated carbocycles. The van der Waals surface area contributed by atoms with Crippen LogP contribution in [0.1, 0.15) is 39.2 Å². The third kappa shape index (κ3) is 5.23. The smallest absolute Gasteiger partial charge is 0.410 e. The first-order chi connectivity index (χ1) is 11.2. The Balaban J connectivity index is 2.00. The number of hydrogen-bond acceptors (Lipinski definition) is 3. The van der Waals surface area contributed by atoms with Gasteiger partial charge in [0.15, 0.2) is 0 Å². The second-order valence-corrected chi connectivity index (χ2v) is 8.09. The molecule has 1 aliphatic rings. The topological polar surface area (TPSA) is 58.6 Å². The molecule has 0 radical (unpaired) electrons. The predicted octanol–water partition coefficient (Wildman–Crippen LogP) is 4.34. The first-order valence-electron chi connectivity index (χ1n) is 8.20. The van der Waals surface area contributed by atoms with E-state index in [-0.39, 0.29) is 17.9 Å². The van der Waals surface area contributed by atoms with Crippen molar-refractivity contribution in [2.45, 2.75) is 46.1 Å². The van der Waals surface area contributed by atoms with E-state index < -0.39 is 5.60 Å². The summed E-state index contributed by atoms with van der Waals surface area (Å²) in [6.07, 6.45) is 1.22. The summed E-state index contributed by atoms with van der Waals surface area (Å²) >= 11 is 3.45.